The number of rotatable bonds is 5. The number of carbonyl (C=O) groups is 1. The molecule has 1 fully saturated rings. The molecule has 0 saturated carbocycles. The van der Waals surface area contributed by atoms with Crippen LogP contribution in [-0.4, -0.2) is 41.7 Å². The second-order valence-electron chi connectivity index (χ2n) is 7.28. The molecule has 1 aromatic carbocycles. The predicted octanol–water partition coefficient (Wildman–Crippen LogP) is 2.42. The topological polar surface area (TPSA) is 52.6 Å². The number of amides is 1. The van der Waals surface area contributed by atoms with E-state index in [2.05, 4.69) is 16.3 Å². The maximum Gasteiger partial charge on any atom is 0.251 e. The Morgan fingerprint density at radius 2 is 2.00 bits per heavy atom. The van der Waals surface area contributed by atoms with E-state index in [4.69, 9.17) is 0 Å². The van der Waals surface area contributed by atoms with Crippen molar-refractivity contribution in [2.24, 2.45) is 5.41 Å². The first kappa shape index (κ1) is 17.0. The Morgan fingerprint density at radius 1 is 1.32 bits per heavy atom. The Hall–Kier alpha value is -1.39. The molecule has 2 N–H and O–H groups in total. The molecule has 1 heterocycles. The lowest BCUT2D eigenvalue weighted by Gasteiger charge is -2.25. The van der Waals surface area contributed by atoms with Crippen molar-refractivity contribution < 1.29 is 9.90 Å². The lowest BCUT2D eigenvalue weighted by atomic mass is 9.89. The van der Waals surface area contributed by atoms with Crippen LogP contribution in [0.15, 0.2) is 24.3 Å². The Morgan fingerprint density at radius 3 is 2.64 bits per heavy atom. The Balaban J connectivity index is 1.92. The highest BCUT2D eigenvalue weighted by molar-refractivity contribution is 5.94. The van der Waals surface area contributed by atoms with E-state index in [0.717, 1.165) is 19.6 Å². The monoisotopic (exact) mass is 304 g/mol. The smallest absolute Gasteiger partial charge is 0.251 e. The van der Waals surface area contributed by atoms with Gasteiger partial charge in [-0.1, -0.05) is 32.9 Å². The first-order chi connectivity index (χ1) is 10.4. The zero-order valence-corrected chi connectivity index (χ0v) is 13.9. The molecule has 0 radical (unpaired) electrons. The van der Waals surface area contributed by atoms with Crippen LogP contribution in [0.5, 0.6) is 0 Å². The fraction of sp³-hybridized carbons (Fsp3) is 0.611. The standard InChI is InChI=1S/C18H28N2O2/c1-18(2,3)16(21)12-19-17(22)15-8-6-7-14(11-15)13-20-9-4-5-10-20/h6-8,11,16,21H,4-5,9-10,12-13H2,1-3H3,(H,19,22). The van der Waals surface area contributed by atoms with Crippen LogP contribution in [0.2, 0.25) is 0 Å². The van der Waals surface area contributed by atoms with Gasteiger partial charge < -0.3 is 10.4 Å². The molecule has 1 aliphatic heterocycles. The number of likely N-dealkylation sites (tertiary alicyclic amines) is 1. The fourth-order valence-electron chi connectivity index (χ4n) is 2.61. The van der Waals surface area contributed by atoms with Gasteiger partial charge >= 0.3 is 0 Å². The third-order valence-corrected chi connectivity index (χ3v) is 4.25. The average molecular weight is 304 g/mol. The van der Waals surface area contributed by atoms with Crippen molar-refractivity contribution in [2.45, 2.75) is 46.3 Å². The highest BCUT2D eigenvalue weighted by atomic mass is 16.3. The summed E-state index contributed by atoms with van der Waals surface area (Å²) in [5, 5.41) is 12.8. The molecule has 22 heavy (non-hydrogen) atoms. The van der Waals surface area contributed by atoms with Gasteiger partial charge in [0.1, 0.15) is 0 Å². The molecular formula is C18H28N2O2. The van der Waals surface area contributed by atoms with E-state index in [0.29, 0.717) is 5.56 Å². The Kier molecular flexibility index (Phi) is 5.59. The van der Waals surface area contributed by atoms with Crippen molar-refractivity contribution in [3.05, 3.63) is 35.4 Å². The van der Waals surface area contributed by atoms with Crippen LogP contribution in [0.25, 0.3) is 0 Å². The van der Waals surface area contributed by atoms with Crippen LogP contribution in [0.1, 0.15) is 49.5 Å². The summed E-state index contributed by atoms with van der Waals surface area (Å²) in [7, 11) is 0. The fourth-order valence-corrected chi connectivity index (χ4v) is 2.61. The molecule has 122 valence electrons. The second kappa shape index (κ2) is 7.25. The normalized spacial score (nSPS) is 17.5. The summed E-state index contributed by atoms with van der Waals surface area (Å²) in [6.07, 6.45) is 1.99. The maximum absolute atomic E-state index is 12.2. The van der Waals surface area contributed by atoms with E-state index in [1.165, 1.54) is 18.4 Å². The summed E-state index contributed by atoms with van der Waals surface area (Å²) in [6, 6.07) is 7.78. The molecule has 1 saturated heterocycles. The van der Waals surface area contributed by atoms with Gasteiger partial charge in [-0.15, -0.1) is 0 Å². The quantitative estimate of drug-likeness (QED) is 0.878. The SMILES string of the molecule is CC(C)(C)C(O)CNC(=O)c1cccc(CN2CCCC2)c1. The van der Waals surface area contributed by atoms with E-state index in [1.54, 1.807) is 0 Å². The van der Waals surface area contributed by atoms with Gasteiger partial charge in [-0.25, -0.2) is 0 Å². The first-order valence-electron chi connectivity index (χ1n) is 8.14. The van der Waals surface area contributed by atoms with Crippen molar-refractivity contribution in [2.75, 3.05) is 19.6 Å². The molecule has 1 atom stereocenters. The van der Waals surface area contributed by atoms with Gasteiger partial charge in [0.2, 0.25) is 0 Å². The summed E-state index contributed by atoms with van der Waals surface area (Å²) in [5.74, 6) is -0.119. The van der Waals surface area contributed by atoms with Gasteiger partial charge in [0.05, 0.1) is 6.10 Å². The van der Waals surface area contributed by atoms with E-state index in [1.807, 2.05) is 39.0 Å². The third kappa shape index (κ3) is 4.82. The highest BCUT2D eigenvalue weighted by Crippen LogP contribution is 2.18. The largest absolute Gasteiger partial charge is 0.391 e. The molecule has 1 unspecified atom stereocenters. The van der Waals surface area contributed by atoms with Crippen molar-refractivity contribution in [3.63, 3.8) is 0 Å². The van der Waals surface area contributed by atoms with Gasteiger partial charge in [0, 0.05) is 18.7 Å². The molecule has 1 aromatic rings. The number of carbonyl (C=O) groups excluding carboxylic acids is 1. The van der Waals surface area contributed by atoms with E-state index < -0.39 is 6.10 Å². The first-order valence-corrected chi connectivity index (χ1v) is 8.14. The summed E-state index contributed by atoms with van der Waals surface area (Å²) in [4.78, 5) is 14.6. The number of hydrogen-bond donors (Lipinski definition) is 2. The molecule has 2 rings (SSSR count). The van der Waals surface area contributed by atoms with Gasteiger partial charge in [0.15, 0.2) is 0 Å². The van der Waals surface area contributed by atoms with Crippen LogP contribution in [0.4, 0.5) is 0 Å². The Bertz CT molecular complexity index is 502. The number of aliphatic hydroxyl groups excluding tert-OH is 1. The van der Waals surface area contributed by atoms with Crippen LogP contribution in [-0.2, 0) is 6.54 Å². The highest BCUT2D eigenvalue weighted by Gasteiger charge is 2.22. The molecule has 1 amide bonds. The van der Waals surface area contributed by atoms with E-state index in [9.17, 15) is 9.90 Å². The average Bonchev–Trinajstić information content (AvgIpc) is 2.96. The van der Waals surface area contributed by atoms with E-state index >= 15 is 0 Å². The third-order valence-electron chi connectivity index (χ3n) is 4.25. The van der Waals surface area contributed by atoms with Gasteiger partial charge in [-0.05, 0) is 49.0 Å². The molecule has 0 spiro atoms. The molecule has 1 aliphatic rings. The molecule has 4 heteroatoms. The van der Waals surface area contributed by atoms with Crippen molar-refractivity contribution in [3.8, 4) is 0 Å². The molecule has 0 aliphatic carbocycles. The molecule has 0 aromatic heterocycles. The van der Waals surface area contributed by atoms with Gasteiger partial charge in [0.25, 0.3) is 5.91 Å². The van der Waals surface area contributed by atoms with Gasteiger partial charge in [-0.3, -0.25) is 9.69 Å². The summed E-state index contributed by atoms with van der Waals surface area (Å²) >= 11 is 0. The molecule has 0 bridgehead atoms. The second-order valence-corrected chi connectivity index (χ2v) is 7.28. The van der Waals surface area contributed by atoms with Crippen LogP contribution in [0.3, 0.4) is 0 Å². The van der Waals surface area contributed by atoms with Crippen LogP contribution < -0.4 is 5.32 Å². The minimum Gasteiger partial charge on any atom is -0.391 e. The zero-order valence-electron chi connectivity index (χ0n) is 13.9. The number of nitrogens with zero attached hydrogens (tertiary/aromatic N) is 1. The summed E-state index contributed by atoms with van der Waals surface area (Å²) in [5.41, 5.74) is 1.61. The molecule has 4 nitrogen and oxygen atoms in total. The lowest BCUT2D eigenvalue weighted by molar-refractivity contribution is 0.0587. The number of benzene rings is 1. The summed E-state index contributed by atoms with van der Waals surface area (Å²) < 4.78 is 0. The van der Waals surface area contributed by atoms with Crippen LogP contribution >= 0.6 is 0 Å². The summed E-state index contributed by atoms with van der Waals surface area (Å²) in [6.45, 7) is 9.36. The van der Waals surface area contributed by atoms with Gasteiger partial charge in [-0.2, -0.15) is 0 Å². The number of nitrogens with one attached hydrogen (secondary N) is 1. The minimum absolute atomic E-state index is 0.119. The lowest BCUT2D eigenvalue weighted by Crippen LogP contribution is -2.39. The predicted molar refractivity (Wildman–Crippen MR) is 88.7 cm³/mol. The van der Waals surface area contributed by atoms with Crippen molar-refractivity contribution in [1.29, 1.82) is 0 Å². The number of hydrogen-bond acceptors (Lipinski definition) is 3. The number of aliphatic hydroxyl groups is 1. The van der Waals surface area contributed by atoms with E-state index in [-0.39, 0.29) is 17.9 Å². The Labute approximate surface area is 133 Å². The minimum atomic E-state index is -0.552. The van der Waals surface area contributed by atoms with Crippen molar-refractivity contribution in [1.82, 2.24) is 10.2 Å². The zero-order chi connectivity index (χ0) is 16.2. The van der Waals surface area contributed by atoms with Crippen LogP contribution in [0, 0.1) is 5.41 Å². The van der Waals surface area contributed by atoms with Crippen molar-refractivity contribution >= 4 is 5.91 Å². The maximum atomic E-state index is 12.2. The molecular weight excluding hydrogens is 276 g/mol.